The molecular formula is C28H29ClN2O6. The van der Waals surface area contributed by atoms with Crippen LogP contribution >= 0.6 is 11.6 Å². The van der Waals surface area contributed by atoms with Crippen LogP contribution in [0.2, 0.25) is 5.02 Å². The molecule has 0 aliphatic carbocycles. The third kappa shape index (κ3) is 5.15. The summed E-state index contributed by atoms with van der Waals surface area (Å²) in [7, 11) is 6.08. The molecule has 37 heavy (non-hydrogen) atoms. The molecule has 3 aromatic rings. The number of hydrogen-bond acceptors (Lipinski definition) is 6. The fourth-order valence-corrected chi connectivity index (χ4v) is 4.69. The number of benzene rings is 3. The SMILES string of the molecule is COc1cc(Cl)c(C)cc1NC(=O)C[C@@H](c1cc(OC)c(OC)c(OC)c1)N1Cc2ccccc2C1=O. The summed E-state index contributed by atoms with van der Waals surface area (Å²) >= 11 is 6.22. The van der Waals surface area contributed by atoms with Gasteiger partial charge in [-0.2, -0.15) is 0 Å². The van der Waals surface area contributed by atoms with Gasteiger partial charge in [0.1, 0.15) is 5.75 Å². The van der Waals surface area contributed by atoms with E-state index in [4.69, 9.17) is 30.5 Å². The summed E-state index contributed by atoms with van der Waals surface area (Å²) in [4.78, 5) is 28.5. The van der Waals surface area contributed by atoms with Gasteiger partial charge in [-0.25, -0.2) is 0 Å². The minimum atomic E-state index is -0.618. The minimum absolute atomic E-state index is 0.0246. The average molecular weight is 525 g/mol. The second-order valence-corrected chi connectivity index (χ2v) is 9.03. The van der Waals surface area contributed by atoms with Gasteiger partial charge in [0, 0.05) is 23.2 Å². The highest BCUT2D eigenvalue weighted by Gasteiger charge is 2.35. The van der Waals surface area contributed by atoms with E-state index in [1.807, 2.05) is 25.1 Å². The zero-order chi connectivity index (χ0) is 26.7. The highest BCUT2D eigenvalue weighted by molar-refractivity contribution is 6.31. The molecule has 0 bridgehead atoms. The molecule has 0 radical (unpaired) electrons. The molecule has 0 saturated carbocycles. The molecule has 1 heterocycles. The van der Waals surface area contributed by atoms with Gasteiger partial charge >= 0.3 is 0 Å². The highest BCUT2D eigenvalue weighted by Crippen LogP contribution is 2.43. The van der Waals surface area contributed by atoms with Crippen molar-refractivity contribution >= 4 is 29.1 Å². The molecule has 4 rings (SSSR count). The third-order valence-corrected chi connectivity index (χ3v) is 6.84. The van der Waals surface area contributed by atoms with Gasteiger partial charge in [0.15, 0.2) is 11.5 Å². The van der Waals surface area contributed by atoms with Crippen LogP contribution in [0.1, 0.15) is 39.5 Å². The Labute approximate surface area is 221 Å². The van der Waals surface area contributed by atoms with Gasteiger partial charge in [0.05, 0.1) is 46.6 Å². The standard InChI is InChI=1S/C28H29ClN2O6/c1-16-10-21(23(34-2)13-20(16)29)30-26(32)14-22(31-15-17-8-6-7-9-19(17)28(31)33)18-11-24(35-3)27(37-5)25(12-18)36-4/h6-13,22H,14-15H2,1-5H3,(H,30,32)/t22-/m0/s1. The molecule has 3 aromatic carbocycles. The Morgan fingerprint density at radius 1 is 0.973 bits per heavy atom. The summed E-state index contributed by atoms with van der Waals surface area (Å²) in [5.74, 6) is 1.28. The first-order chi connectivity index (χ1) is 17.8. The van der Waals surface area contributed by atoms with Gasteiger partial charge in [0.2, 0.25) is 11.7 Å². The van der Waals surface area contributed by atoms with Crippen LogP contribution in [0, 0.1) is 6.92 Å². The van der Waals surface area contributed by atoms with Gasteiger partial charge < -0.3 is 29.2 Å². The van der Waals surface area contributed by atoms with Gasteiger partial charge in [-0.05, 0) is 47.9 Å². The zero-order valence-electron chi connectivity index (χ0n) is 21.4. The highest BCUT2D eigenvalue weighted by atomic mass is 35.5. The Bertz CT molecular complexity index is 1320. The Morgan fingerprint density at radius 3 is 2.22 bits per heavy atom. The van der Waals surface area contributed by atoms with Gasteiger partial charge in [-0.1, -0.05) is 29.8 Å². The maximum atomic E-state index is 13.4. The summed E-state index contributed by atoms with van der Waals surface area (Å²) in [6.07, 6.45) is -0.0246. The summed E-state index contributed by atoms with van der Waals surface area (Å²) in [6.45, 7) is 2.21. The predicted octanol–water partition coefficient (Wildman–Crippen LogP) is 5.41. The predicted molar refractivity (Wildman–Crippen MR) is 141 cm³/mol. The molecular weight excluding hydrogens is 496 g/mol. The van der Waals surface area contributed by atoms with Crippen LogP contribution in [-0.2, 0) is 11.3 Å². The van der Waals surface area contributed by atoms with Gasteiger partial charge in [-0.3, -0.25) is 9.59 Å². The van der Waals surface area contributed by atoms with Crippen molar-refractivity contribution in [2.24, 2.45) is 0 Å². The monoisotopic (exact) mass is 524 g/mol. The molecule has 194 valence electrons. The van der Waals surface area contributed by atoms with E-state index in [0.717, 1.165) is 11.1 Å². The summed E-state index contributed by atoms with van der Waals surface area (Å²) < 4.78 is 21.9. The van der Waals surface area contributed by atoms with E-state index >= 15 is 0 Å². The average Bonchev–Trinajstić information content (AvgIpc) is 3.24. The number of hydrogen-bond donors (Lipinski definition) is 1. The minimum Gasteiger partial charge on any atom is -0.495 e. The molecule has 9 heteroatoms. The Morgan fingerprint density at radius 2 is 1.62 bits per heavy atom. The van der Waals surface area contributed by atoms with E-state index in [1.54, 1.807) is 35.2 Å². The number of amides is 2. The van der Waals surface area contributed by atoms with Crippen molar-refractivity contribution in [3.63, 3.8) is 0 Å². The van der Waals surface area contributed by atoms with E-state index in [0.29, 0.717) is 51.4 Å². The van der Waals surface area contributed by atoms with Crippen molar-refractivity contribution in [3.05, 3.63) is 75.8 Å². The van der Waals surface area contributed by atoms with E-state index in [1.165, 1.54) is 28.4 Å². The lowest BCUT2D eigenvalue weighted by Crippen LogP contribution is -2.32. The third-order valence-electron chi connectivity index (χ3n) is 6.43. The second kappa shape index (κ2) is 11.0. The number of anilines is 1. The molecule has 8 nitrogen and oxygen atoms in total. The number of aryl methyl sites for hydroxylation is 1. The number of rotatable bonds is 9. The molecule has 1 atom stereocenters. The molecule has 0 saturated heterocycles. The molecule has 0 unspecified atom stereocenters. The van der Waals surface area contributed by atoms with Crippen molar-refractivity contribution in [3.8, 4) is 23.0 Å². The molecule has 1 N–H and O–H groups in total. The van der Waals surface area contributed by atoms with Crippen molar-refractivity contribution in [2.45, 2.75) is 25.9 Å². The molecule has 0 aromatic heterocycles. The van der Waals surface area contributed by atoms with E-state index in [-0.39, 0.29) is 18.2 Å². The summed E-state index contributed by atoms with van der Waals surface area (Å²) in [5, 5.41) is 3.45. The lowest BCUT2D eigenvalue weighted by molar-refractivity contribution is -0.117. The number of halogens is 1. The molecule has 2 amide bonds. The first kappa shape index (κ1) is 26.2. The van der Waals surface area contributed by atoms with Gasteiger partial charge in [0.25, 0.3) is 5.91 Å². The fraction of sp³-hybridized carbons (Fsp3) is 0.286. The zero-order valence-corrected chi connectivity index (χ0v) is 22.1. The molecule has 1 aliphatic rings. The Hall–Kier alpha value is -3.91. The van der Waals surface area contributed by atoms with E-state index in [2.05, 4.69) is 5.32 Å². The maximum Gasteiger partial charge on any atom is 0.255 e. The van der Waals surface area contributed by atoms with Crippen LogP contribution in [0.4, 0.5) is 5.69 Å². The van der Waals surface area contributed by atoms with Crippen molar-refractivity contribution in [1.82, 2.24) is 4.90 Å². The first-order valence-electron chi connectivity index (χ1n) is 11.6. The number of nitrogens with one attached hydrogen (secondary N) is 1. The summed E-state index contributed by atoms with van der Waals surface area (Å²) in [5.41, 5.74) is 3.49. The first-order valence-corrected chi connectivity index (χ1v) is 12.0. The lowest BCUT2D eigenvalue weighted by atomic mass is 10.00. The normalized spacial score (nSPS) is 13.1. The molecule has 0 fully saturated rings. The Kier molecular flexibility index (Phi) is 7.78. The van der Waals surface area contributed by atoms with Crippen molar-refractivity contribution in [1.29, 1.82) is 0 Å². The summed E-state index contributed by atoms with van der Waals surface area (Å²) in [6, 6.07) is 13.8. The number of carbonyl (C=O) groups excluding carboxylic acids is 2. The van der Waals surface area contributed by atoms with Crippen LogP contribution in [0.5, 0.6) is 23.0 Å². The largest absolute Gasteiger partial charge is 0.495 e. The van der Waals surface area contributed by atoms with Crippen LogP contribution in [-0.4, -0.2) is 45.2 Å². The number of ether oxygens (including phenoxy) is 4. The molecule has 1 aliphatic heterocycles. The maximum absolute atomic E-state index is 13.4. The molecule has 0 spiro atoms. The smallest absolute Gasteiger partial charge is 0.255 e. The van der Waals surface area contributed by atoms with E-state index < -0.39 is 6.04 Å². The number of nitrogens with zero attached hydrogens (tertiary/aromatic N) is 1. The van der Waals surface area contributed by atoms with Crippen LogP contribution < -0.4 is 24.3 Å². The lowest BCUT2D eigenvalue weighted by Gasteiger charge is -2.29. The Balaban J connectivity index is 1.73. The van der Waals surface area contributed by atoms with E-state index in [9.17, 15) is 9.59 Å². The van der Waals surface area contributed by atoms with Crippen LogP contribution in [0.15, 0.2) is 48.5 Å². The van der Waals surface area contributed by atoms with Crippen molar-refractivity contribution in [2.75, 3.05) is 33.8 Å². The van der Waals surface area contributed by atoms with Crippen LogP contribution in [0.25, 0.3) is 0 Å². The van der Waals surface area contributed by atoms with Crippen molar-refractivity contribution < 1.29 is 28.5 Å². The second-order valence-electron chi connectivity index (χ2n) is 8.62. The van der Waals surface area contributed by atoms with Gasteiger partial charge in [-0.15, -0.1) is 0 Å². The number of fused-ring (bicyclic) bond motifs is 1. The fourth-order valence-electron chi connectivity index (χ4n) is 4.54. The number of carbonyl (C=O) groups is 2. The number of methoxy groups -OCH3 is 4. The quantitative estimate of drug-likeness (QED) is 0.403. The topological polar surface area (TPSA) is 86.3 Å². The van der Waals surface area contributed by atoms with Crippen LogP contribution in [0.3, 0.4) is 0 Å².